The van der Waals surface area contributed by atoms with Crippen molar-refractivity contribution in [1.29, 1.82) is 0 Å². The van der Waals surface area contributed by atoms with Crippen LogP contribution in [0.3, 0.4) is 0 Å². The molecule has 0 radical (unpaired) electrons. The van der Waals surface area contributed by atoms with Gasteiger partial charge in [-0.25, -0.2) is 4.98 Å². The molecular weight excluding hydrogens is 516 g/mol. The van der Waals surface area contributed by atoms with E-state index in [-0.39, 0.29) is 11.6 Å². The summed E-state index contributed by atoms with van der Waals surface area (Å²) >= 11 is 6.46. The van der Waals surface area contributed by atoms with Crippen LogP contribution in [-0.4, -0.2) is 40.3 Å². The van der Waals surface area contributed by atoms with E-state index < -0.39 is 0 Å². The minimum atomic E-state index is -0.267. The Balaban J connectivity index is 1.81. The predicted octanol–water partition coefficient (Wildman–Crippen LogP) is 6.09. The van der Waals surface area contributed by atoms with Gasteiger partial charge in [-0.1, -0.05) is 48.6 Å². The molecule has 39 heavy (non-hydrogen) atoms. The Morgan fingerprint density at radius 2 is 1.95 bits per heavy atom. The van der Waals surface area contributed by atoms with Gasteiger partial charge in [-0.15, -0.1) is 0 Å². The monoisotopic (exact) mass is 542 g/mol. The Morgan fingerprint density at radius 3 is 2.67 bits per heavy atom. The second kappa shape index (κ2) is 12.7. The van der Waals surface area contributed by atoms with Crippen LogP contribution in [0.5, 0.6) is 17.6 Å². The van der Waals surface area contributed by atoms with Crippen LogP contribution >= 0.6 is 11.6 Å². The lowest BCUT2D eigenvalue weighted by Gasteiger charge is -2.15. The van der Waals surface area contributed by atoms with E-state index >= 15 is 0 Å². The molecule has 3 heterocycles. The van der Waals surface area contributed by atoms with Crippen LogP contribution in [0.2, 0.25) is 5.02 Å². The summed E-state index contributed by atoms with van der Waals surface area (Å²) in [6.45, 7) is 8.05. The zero-order valence-corrected chi connectivity index (χ0v) is 22.4. The average Bonchev–Trinajstić information content (AvgIpc) is 2.96. The lowest BCUT2D eigenvalue weighted by Crippen LogP contribution is -2.20. The number of hydrogen-bond donors (Lipinski definition) is 0. The third-order valence-corrected chi connectivity index (χ3v) is 5.92. The van der Waals surface area contributed by atoms with Gasteiger partial charge in [-0.3, -0.25) is 14.3 Å². The maximum atomic E-state index is 13.8. The van der Waals surface area contributed by atoms with Crippen molar-refractivity contribution < 1.29 is 14.2 Å². The van der Waals surface area contributed by atoms with Crippen molar-refractivity contribution in [1.82, 2.24) is 19.5 Å². The highest BCUT2D eigenvalue weighted by atomic mass is 35.5. The highest BCUT2D eigenvalue weighted by molar-refractivity contribution is 6.31. The van der Waals surface area contributed by atoms with E-state index in [1.165, 1.54) is 18.8 Å². The van der Waals surface area contributed by atoms with Crippen molar-refractivity contribution in [3.63, 3.8) is 0 Å². The van der Waals surface area contributed by atoms with Gasteiger partial charge in [0.05, 0.1) is 38.3 Å². The number of allylic oxidation sites excluding steroid dienone is 3. The van der Waals surface area contributed by atoms with Crippen molar-refractivity contribution >= 4 is 11.6 Å². The quantitative estimate of drug-likeness (QED) is 0.212. The molecule has 0 saturated carbocycles. The highest BCUT2D eigenvalue weighted by Gasteiger charge is 2.17. The van der Waals surface area contributed by atoms with Crippen molar-refractivity contribution in [2.24, 2.45) is 0 Å². The van der Waals surface area contributed by atoms with Gasteiger partial charge in [-0.05, 0) is 42.0 Å². The summed E-state index contributed by atoms with van der Waals surface area (Å²) in [5, 5.41) is 0.427. The first kappa shape index (κ1) is 27.3. The van der Waals surface area contributed by atoms with Crippen LogP contribution in [0, 0.1) is 0 Å². The van der Waals surface area contributed by atoms with Gasteiger partial charge in [0.1, 0.15) is 5.75 Å². The molecule has 9 heteroatoms. The van der Waals surface area contributed by atoms with Crippen molar-refractivity contribution in [3.8, 4) is 45.6 Å². The Labute approximate surface area is 231 Å². The zero-order valence-electron chi connectivity index (χ0n) is 21.6. The van der Waals surface area contributed by atoms with Crippen molar-refractivity contribution in [2.75, 3.05) is 20.8 Å². The summed E-state index contributed by atoms with van der Waals surface area (Å²) in [4.78, 5) is 26.5. The lowest BCUT2D eigenvalue weighted by molar-refractivity contribution is 0.323. The summed E-state index contributed by atoms with van der Waals surface area (Å²) < 4.78 is 18.1. The van der Waals surface area contributed by atoms with E-state index in [9.17, 15) is 4.79 Å². The van der Waals surface area contributed by atoms with Crippen molar-refractivity contribution in [2.45, 2.75) is 6.42 Å². The van der Waals surface area contributed by atoms with E-state index in [0.29, 0.717) is 57.6 Å². The Kier molecular flexibility index (Phi) is 8.91. The minimum absolute atomic E-state index is 0.163. The summed E-state index contributed by atoms with van der Waals surface area (Å²) in [7, 11) is 2.98. The zero-order chi connectivity index (χ0) is 27.8. The molecule has 4 aromatic rings. The smallest absolute Gasteiger partial charge is 0.319 e. The highest BCUT2D eigenvalue weighted by Crippen LogP contribution is 2.33. The van der Waals surface area contributed by atoms with Gasteiger partial charge in [0.15, 0.2) is 0 Å². The number of nitrogens with zero attached hydrogens (tertiary/aromatic N) is 4. The average molecular weight is 543 g/mol. The summed E-state index contributed by atoms with van der Waals surface area (Å²) in [6, 6.07) is 10.7. The Hall–Kier alpha value is -4.69. The molecule has 0 aliphatic carbocycles. The maximum Gasteiger partial charge on any atom is 0.319 e. The lowest BCUT2D eigenvalue weighted by atomic mass is 10.0. The normalized spacial score (nSPS) is 10.8. The van der Waals surface area contributed by atoms with Gasteiger partial charge in [-0.2, -0.15) is 4.98 Å². The summed E-state index contributed by atoms with van der Waals surface area (Å²) in [6.07, 6.45) is 12.5. The van der Waals surface area contributed by atoms with Crippen LogP contribution in [0.15, 0.2) is 103 Å². The number of pyridine rings is 2. The van der Waals surface area contributed by atoms with Crippen LogP contribution in [-0.2, 0) is 0 Å². The molecule has 8 nitrogen and oxygen atoms in total. The first-order valence-corrected chi connectivity index (χ1v) is 12.3. The number of hydrogen-bond acceptors (Lipinski definition) is 7. The fourth-order valence-electron chi connectivity index (χ4n) is 3.82. The standard InChI is InChI=1S/C30H27ClN4O4/c1-5-6-8-20(2)10-12-39-25-14-21(13-23(31)16-25)26-15-22(27-18-33-30(38-4)34-28(27)37-3)19-35(29(26)36)24-9-7-11-32-17-24/h5-9,11,13-19H,1-2,10,12H2,3-4H3/b8-6-. The Morgan fingerprint density at radius 1 is 1.10 bits per heavy atom. The SMILES string of the molecule is C=C/C=C\C(=C)CCOc1cc(Cl)cc(-c2cc(-c3cnc(OC)nc3OC)cn(-c3cccnc3)c2=O)c1. The molecule has 3 aromatic heterocycles. The molecule has 4 rings (SSSR count). The molecule has 0 saturated heterocycles. The third-order valence-electron chi connectivity index (χ3n) is 5.70. The first-order valence-electron chi connectivity index (χ1n) is 12.0. The molecule has 0 aliphatic heterocycles. The summed E-state index contributed by atoms with van der Waals surface area (Å²) in [5.74, 6) is 0.825. The number of methoxy groups -OCH3 is 2. The van der Waals surface area contributed by atoms with Gasteiger partial charge in [0, 0.05) is 41.2 Å². The number of rotatable bonds is 11. The fraction of sp³-hybridized carbons (Fsp3) is 0.133. The molecule has 0 fully saturated rings. The van der Waals surface area contributed by atoms with Crippen LogP contribution in [0.25, 0.3) is 27.9 Å². The van der Waals surface area contributed by atoms with Gasteiger partial charge in [0.2, 0.25) is 5.88 Å². The molecule has 0 N–H and O–H groups in total. The fourth-order valence-corrected chi connectivity index (χ4v) is 4.04. The van der Waals surface area contributed by atoms with E-state index in [1.54, 1.807) is 67.3 Å². The first-order chi connectivity index (χ1) is 18.9. The maximum absolute atomic E-state index is 13.8. The number of benzene rings is 1. The van der Waals surface area contributed by atoms with E-state index in [1.807, 2.05) is 12.2 Å². The van der Waals surface area contributed by atoms with E-state index in [0.717, 1.165) is 5.57 Å². The van der Waals surface area contributed by atoms with Gasteiger partial charge < -0.3 is 14.2 Å². The number of halogens is 1. The minimum Gasteiger partial charge on any atom is -0.493 e. The molecule has 0 unspecified atom stereocenters. The molecule has 0 amide bonds. The van der Waals surface area contributed by atoms with Gasteiger partial charge in [0.25, 0.3) is 5.56 Å². The second-order valence-corrected chi connectivity index (χ2v) is 8.77. The molecular formula is C30H27ClN4O4. The van der Waals surface area contributed by atoms with Crippen LogP contribution in [0.1, 0.15) is 6.42 Å². The largest absolute Gasteiger partial charge is 0.493 e. The molecule has 0 bridgehead atoms. The molecule has 1 aromatic carbocycles. The topological polar surface area (TPSA) is 88.4 Å². The third kappa shape index (κ3) is 6.61. The van der Waals surface area contributed by atoms with Crippen LogP contribution in [0.4, 0.5) is 0 Å². The summed E-state index contributed by atoms with van der Waals surface area (Å²) in [5.41, 5.74) is 3.41. The second-order valence-electron chi connectivity index (χ2n) is 8.34. The predicted molar refractivity (Wildman–Crippen MR) is 153 cm³/mol. The molecule has 0 atom stereocenters. The van der Waals surface area contributed by atoms with Gasteiger partial charge >= 0.3 is 6.01 Å². The van der Waals surface area contributed by atoms with Crippen molar-refractivity contribution in [3.05, 3.63) is 114 Å². The number of aromatic nitrogens is 4. The molecule has 0 spiro atoms. The van der Waals surface area contributed by atoms with E-state index in [2.05, 4.69) is 28.1 Å². The number of ether oxygens (including phenoxy) is 3. The Bertz CT molecular complexity index is 1580. The van der Waals surface area contributed by atoms with Crippen LogP contribution < -0.4 is 19.8 Å². The molecule has 198 valence electrons. The molecule has 0 aliphatic rings. The van der Waals surface area contributed by atoms with E-state index in [4.69, 9.17) is 25.8 Å².